The number of nitrogens with zero attached hydrogens (tertiary/aromatic N) is 1. The molecule has 2 aromatic rings. The summed E-state index contributed by atoms with van der Waals surface area (Å²) < 4.78 is 1.92. The lowest BCUT2D eigenvalue weighted by Gasteiger charge is -2.17. The van der Waals surface area contributed by atoms with Crippen LogP contribution in [0, 0.1) is 0 Å². The highest BCUT2D eigenvalue weighted by Gasteiger charge is 2.16. The fourth-order valence-electron chi connectivity index (χ4n) is 1.94. The Morgan fingerprint density at radius 3 is 2.05 bits per heavy atom. The van der Waals surface area contributed by atoms with Crippen molar-refractivity contribution in [3.63, 3.8) is 0 Å². The van der Waals surface area contributed by atoms with Crippen molar-refractivity contribution >= 4 is 5.78 Å². The van der Waals surface area contributed by atoms with E-state index in [1.54, 1.807) is 0 Å². The molecule has 0 amide bonds. The van der Waals surface area contributed by atoms with Crippen LogP contribution in [0.3, 0.4) is 0 Å². The smallest absolute Gasteiger partial charge is 0.227 e. The summed E-state index contributed by atoms with van der Waals surface area (Å²) in [6.45, 7) is 6.93. The van der Waals surface area contributed by atoms with Crippen LogP contribution in [0.25, 0.3) is 0 Å². The van der Waals surface area contributed by atoms with E-state index in [4.69, 9.17) is 0 Å². The van der Waals surface area contributed by atoms with Crippen LogP contribution in [0.5, 0.6) is 0 Å². The van der Waals surface area contributed by atoms with Gasteiger partial charge in [0.25, 0.3) is 0 Å². The number of hydrogen-bond donors (Lipinski definition) is 0. The lowest BCUT2D eigenvalue weighted by Crippen LogP contribution is -3.00. The predicted octanol–water partition coefficient (Wildman–Crippen LogP) is 0.159. The van der Waals surface area contributed by atoms with E-state index in [9.17, 15) is 4.79 Å². The molecule has 2 rings (SSSR count). The number of ketones is 1. The normalized spacial score (nSPS) is 10.8. The van der Waals surface area contributed by atoms with E-state index in [2.05, 4.69) is 32.9 Å². The molecule has 0 unspecified atom stereocenters. The van der Waals surface area contributed by atoms with Gasteiger partial charge in [-0.1, -0.05) is 51.1 Å². The van der Waals surface area contributed by atoms with Gasteiger partial charge < -0.3 is 17.0 Å². The Hall–Kier alpha value is -1.48. The van der Waals surface area contributed by atoms with E-state index >= 15 is 0 Å². The third-order valence-corrected chi connectivity index (χ3v) is 3.18. The molecule has 0 atom stereocenters. The summed E-state index contributed by atoms with van der Waals surface area (Å²) in [5.74, 6) is 0.133. The van der Waals surface area contributed by atoms with Crippen LogP contribution in [-0.2, 0) is 12.0 Å². The highest BCUT2D eigenvalue weighted by Crippen LogP contribution is 2.20. The number of carbonyl (C=O) groups excluding carboxylic acids is 1. The molecule has 0 saturated carbocycles. The Morgan fingerprint density at radius 2 is 1.55 bits per heavy atom. The second-order valence-corrected chi connectivity index (χ2v) is 5.80. The molecule has 20 heavy (non-hydrogen) atoms. The third kappa shape index (κ3) is 4.27. The molecule has 1 aromatic heterocycles. The molecular formula is C17H20BrNO. The van der Waals surface area contributed by atoms with E-state index in [-0.39, 0.29) is 28.2 Å². The predicted molar refractivity (Wildman–Crippen MR) is 76.1 cm³/mol. The number of pyridine rings is 1. The van der Waals surface area contributed by atoms with Crippen molar-refractivity contribution < 1.29 is 26.3 Å². The molecule has 3 heteroatoms. The minimum absolute atomic E-state index is 0. The molecular weight excluding hydrogens is 314 g/mol. The summed E-state index contributed by atoms with van der Waals surface area (Å²) in [7, 11) is 0. The van der Waals surface area contributed by atoms with Crippen molar-refractivity contribution in [2.75, 3.05) is 0 Å². The average molecular weight is 334 g/mol. The molecule has 0 bridgehead atoms. The number of carbonyl (C=O) groups is 1. The Bertz CT molecular complexity index is 556. The zero-order valence-electron chi connectivity index (χ0n) is 12.1. The maximum absolute atomic E-state index is 12.1. The second kappa shape index (κ2) is 6.80. The number of halogens is 1. The summed E-state index contributed by atoms with van der Waals surface area (Å²) in [6, 6.07) is 13.6. The van der Waals surface area contributed by atoms with Crippen molar-refractivity contribution in [1.82, 2.24) is 0 Å². The number of hydrogen-bond acceptors (Lipinski definition) is 1. The number of benzene rings is 1. The summed E-state index contributed by atoms with van der Waals surface area (Å²) in [5.41, 5.74) is 2.17. The Morgan fingerprint density at radius 1 is 1.00 bits per heavy atom. The zero-order valence-corrected chi connectivity index (χ0v) is 13.7. The molecule has 0 saturated heterocycles. The minimum Gasteiger partial charge on any atom is -1.00 e. The Kier molecular flexibility index (Phi) is 5.63. The summed E-state index contributed by atoms with van der Waals surface area (Å²) in [4.78, 5) is 12.1. The van der Waals surface area contributed by atoms with Crippen LogP contribution < -0.4 is 21.5 Å². The number of aromatic nitrogens is 1. The third-order valence-electron chi connectivity index (χ3n) is 3.18. The molecule has 0 aliphatic rings. The zero-order chi connectivity index (χ0) is 13.9. The van der Waals surface area contributed by atoms with E-state index in [1.807, 2.05) is 47.3 Å². The van der Waals surface area contributed by atoms with Crippen LogP contribution in [0.1, 0.15) is 36.7 Å². The molecule has 0 aliphatic carbocycles. The van der Waals surface area contributed by atoms with Crippen molar-refractivity contribution in [3.05, 3.63) is 66.0 Å². The summed E-state index contributed by atoms with van der Waals surface area (Å²) in [5, 5.41) is 0. The van der Waals surface area contributed by atoms with E-state index in [0.29, 0.717) is 6.54 Å². The van der Waals surface area contributed by atoms with Crippen LogP contribution >= 0.6 is 0 Å². The molecule has 1 aromatic carbocycles. The molecule has 1 heterocycles. The number of Topliss-reactive ketones (excluding diaryl/α,β-unsaturated/α-hetero) is 1. The average Bonchev–Trinajstić information content (AvgIpc) is 2.39. The standard InChI is InChI=1S/C17H20NO.BrH/c1-17(2,3)15-9-11-18(12-10-15)13-16(19)14-7-5-4-6-8-14;/h4-12H,13H2,1-3H3;1H/q+1;/p-1. The van der Waals surface area contributed by atoms with Gasteiger partial charge in [-0.15, -0.1) is 0 Å². The molecule has 106 valence electrons. The first-order valence-corrected chi connectivity index (χ1v) is 6.55. The monoisotopic (exact) mass is 333 g/mol. The fraction of sp³-hybridized carbons (Fsp3) is 0.294. The van der Waals surface area contributed by atoms with Gasteiger partial charge in [0, 0.05) is 17.7 Å². The highest BCUT2D eigenvalue weighted by molar-refractivity contribution is 5.94. The maximum Gasteiger partial charge on any atom is 0.227 e. The van der Waals surface area contributed by atoms with Gasteiger partial charge in [-0.3, -0.25) is 4.79 Å². The van der Waals surface area contributed by atoms with Gasteiger partial charge in [0.1, 0.15) is 0 Å². The van der Waals surface area contributed by atoms with Crippen LogP contribution in [0.2, 0.25) is 0 Å². The van der Waals surface area contributed by atoms with Crippen molar-refractivity contribution in [3.8, 4) is 0 Å². The number of rotatable bonds is 3. The quantitative estimate of drug-likeness (QED) is 0.579. The molecule has 2 nitrogen and oxygen atoms in total. The second-order valence-electron chi connectivity index (χ2n) is 5.80. The summed E-state index contributed by atoms with van der Waals surface area (Å²) in [6.07, 6.45) is 3.95. The molecule has 0 N–H and O–H groups in total. The van der Waals surface area contributed by atoms with Crippen molar-refractivity contribution in [2.24, 2.45) is 0 Å². The van der Waals surface area contributed by atoms with E-state index in [1.165, 1.54) is 5.56 Å². The van der Waals surface area contributed by atoms with E-state index < -0.39 is 0 Å². The van der Waals surface area contributed by atoms with Gasteiger partial charge in [0.15, 0.2) is 12.4 Å². The van der Waals surface area contributed by atoms with Gasteiger partial charge in [0.2, 0.25) is 12.3 Å². The van der Waals surface area contributed by atoms with Gasteiger partial charge >= 0.3 is 0 Å². The largest absolute Gasteiger partial charge is 1.00 e. The Balaban J connectivity index is 0.00000200. The van der Waals surface area contributed by atoms with Crippen LogP contribution in [0.4, 0.5) is 0 Å². The highest BCUT2D eigenvalue weighted by atomic mass is 79.9. The topological polar surface area (TPSA) is 20.9 Å². The lowest BCUT2D eigenvalue weighted by atomic mass is 9.88. The van der Waals surface area contributed by atoms with Gasteiger partial charge in [-0.05, 0) is 11.0 Å². The first-order chi connectivity index (χ1) is 8.97. The minimum atomic E-state index is 0. The van der Waals surface area contributed by atoms with Gasteiger partial charge in [0.05, 0.1) is 0 Å². The lowest BCUT2D eigenvalue weighted by molar-refractivity contribution is -0.683. The Labute approximate surface area is 131 Å². The summed E-state index contributed by atoms with van der Waals surface area (Å²) >= 11 is 0. The molecule has 0 radical (unpaired) electrons. The van der Waals surface area contributed by atoms with E-state index in [0.717, 1.165) is 5.56 Å². The van der Waals surface area contributed by atoms with Crippen molar-refractivity contribution in [1.29, 1.82) is 0 Å². The van der Waals surface area contributed by atoms with Crippen LogP contribution in [0.15, 0.2) is 54.9 Å². The first kappa shape index (κ1) is 16.6. The van der Waals surface area contributed by atoms with Crippen molar-refractivity contribution in [2.45, 2.75) is 32.7 Å². The fourth-order valence-corrected chi connectivity index (χ4v) is 1.94. The maximum atomic E-state index is 12.1. The van der Waals surface area contributed by atoms with Crippen LogP contribution in [-0.4, -0.2) is 5.78 Å². The van der Waals surface area contributed by atoms with Gasteiger partial charge in [-0.25, -0.2) is 0 Å². The molecule has 0 aliphatic heterocycles. The molecule has 0 spiro atoms. The van der Waals surface area contributed by atoms with Gasteiger partial charge in [-0.2, -0.15) is 4.57 Å². The molecule has 0 fully saturated rings. The SMILES string of the molecule is CC(C)(C)c1cc[n+](CC(=O)c2ccccc2)cc1.[Br-]. The first-order valence-electron chi connectivity index (χ1n) is 6.55.